The fourth-order valence-electron chi connectivity index (χ4n) is 0.966. The van der Waals surface area contributed by atoms with Gasteiger partial charge in [0.1, 0.15) is 0 Å². The molecule has 0 aliphatic heterocycles. The maximum Gasteiger partial charge on any atom is 0.186 e. The fourth-order valence-corrected chi connectivity index (χ4v) is 1.83. The SMILES string of the molecule is CNCC(=O)c1ccc(N(C)C)s1. The topological polar surface area (TPSA) is 32.3 Å². The van der Waals surface area contributed by atoms with Gasteiger partial charge in [-0.1, -0.05) is 0 Å². The van der Waals surface area contributed by atoms with Crippen molar-refractivity contribution in [3.63, 3.8) is 0 Å². The Morgan fingerprint density at radius 1 is 1.54 bits per heavy atom. The molecule has 1 N–H and O–H groups in total. The molecule has 4 heteroatoms. The van der Waals surface area contributed by atoms with Crippen LogP contribution in [0.3, 0.4) is 0 Å². The Morgan fingerprint density at radius 2 is 2.23 bits per heavy atom. The van der Waals surface area contributed by atoms with Gasteiger partial charge in [0.25, 0.3) is 0 Å². The van der Waals surface area contributed by atoms with Crippen LogP contribution in [0, 0.1) is 0 Å². The monoisotopic (exact) mass is 198 g/mol. The number of ketones is 1. The van der Waals surface area contributed by atoms with Crippen molar-refractivity contribution >= 4 is 22.1 Å². The molecule has 1 rings (SSSR count). The second-order valence-electron chi connectivity index (χ2n) is 2.99. The number of likely N-dealkylation sites (N-methyl/N-ethyl adjacent to an activating group) is 1. The summed E-state index contributed by atoms with van der Waals surface area (Å²) < 4.78 is 0. The van der Waals surface area contributed by atoms with Crippen molar-refractivity contribution in [2.45, 2.75) is 0 Å². The van der Waals surface area contributed by atoms with Gasteiger partial charge in [0.2, 0.25) is 0 Å². The normalized spacial score (nSPS) is 10.1. The second-order valence-corrected chi connectivity index (χ2v) is 4.05. The Bertz CT molecular complexity index is 294. The van der Waals surface area contributed by atoms with Crippen LogP contribution in [0.4, 0.5) is 5.00 Å². The van der Waals surface area contributed by atoms with Crippen molar-refractivity contribution < 1.29 is 4.79 Å². The minimum absolute atomic E-state index is 0.153. The van der Waals surface area contributed by atoms with Gasteiger partial charge >= 0.3 is 0 Å². The molecule has 3 nitrogen and oxygen atoms in total. The molecule has 0 radical (unpaired) electrons. The van der Waals surface area contributed by atoms with Crippen molar-refractivity contribution in [1.29, 1.82) is 0 Å². The average molecular weight is 198 g/mol. The van der Waals surface area contributed by atoms with E-state index in [9.17, 15) is 4.79 Å². The average Bonchev–Trinajstić information content (AvgIpc) is 2.52. The highest BCUT2D eigenvalue weighted by atomic mass is 32.1. The predicted octanol–water partition coefficient (Wildman–Crippen LogP) is 1.22. The van der Waals surface area contributed by atoms with E-state index in [0.29, 0.717) is 6.54 Å². The zero-order chi connectivity index (χ0) is 9.84. The molecule has 1 aromatic rings. The predicted molar refractivity (Wildman–Crippen MR) is 56.9 cm³/mol. The lowest BCUT2D eigenvalue weighted by atomic mass is 10.3. The van der Waals surface area contributed by atoms with Crippen LogP contribution >= 0.6 is 11.3 Å². The van der Waals surface area contributed by atoms with Crippen LogP contribution in [0.1, 0.15) is 9.67 Å². The van der Waals surface area contributed by atoms with Crippen molar-refractivity contribution in [3.8, 4) is 0 Å². The fraction of sp³-hybridized carbons (Fsp3) is 0.444. The number of hydrogen-bond acceptors (Lipinski definition) is 4. The third-order valence-corrected chi connectivity index (χ3v) is 2.94. The molecule has 13 heavy (non-hydrogen) atoms. The van der Waals surface area contributed by atoms with E-state index in [0.717, 1.165) is 9.88 Å². The van der Waals surface area contributed by atoms with E-state index in [-0.39, 0.29) is 5.78 Å². The number of carbonyl (C=O) groups excluding carboxylic acids is 1. The summed E-state index contributed by atoms with van der Waals surface area (Å²) in [5, 5.41) is 3.96. The number of hydrogen-bond donors (Lipinski definition) is 1. The Hall–Kier alpha value is -0.870. The molecule has 0 aromatic carbocycles. The number of carbonyl (C=O) groups is 1. The third-order valence-electron chi connectivity index (χ3n) is 1.64. The van der Waals surface area contributed by atoms with Crippen LogP contribution in [0.5, 0.6) is 0 Å². The van der Waals surface area contributed by atoms with E-state index in [1.165, 1.54) is 11.3 Å². The van der Waals surface area contributed by atoms with E-state index in [1.54, 1.807) is 7.05 Å². The number of Topliss-reactive ketones (excluding diaryl/α,β-unsaturated/α-hetero) is 1. The number of anilines is 1. The molecule has 1 heterocycles. The summed E-state index contributed by atoms with van der Waals surface area (Å²) >= 11 is 1.53. The van der Waals surface area contributed by atoms with Gasteiger partial charge in [0.05, 0.1) is 16.4 Å². The second kappa shape index (κ2) is 4.39. The lowest BCUT2D eigenvalue weighted by molar-refractivity contribution is 0.0997. The van der Waals surface area contributed by atoms with Crippen molar-refractivity contribution in [3.05, 3.63) is 17.0 Å². The Labute approximate surface area is 82.4 Å². The molecule has 0 aliphatic rings. The summed E-state index contributed by atoms with van der Waals surface area (Å²) in [5.74, 6) is 0.153. The molecular formula is C9H14N2OS. The van der Waals surface area contributed by atoms with E-state index >= 15 is 0 Å². The van der Waals surface area contributed by atoms with Gasteiger partial charge in [-0.25, -0.2) is 0 Å². The summed E-state index contributed by atoms with van der Waals surface area (Å²) in [6.07, 6.45) is 0. The van der Waals surface area contributed by atoms with Gasteiger partial charge < -0.3 is 10.2 Å². The number of nitrogens with zero attached hydrogens (tertiary/aromatic N) is 1. The van der Waals surface area contributed by atoms with E-state index < -0.39 is 0 Å². The molecule has 0 bridgehead atoms. The highest BCUT2D eigenvalue weighted by Crippen LogP contribution is 2.24. The molecule has 0 spiro atoms. The van der Waals surface area contributed by atoms with Gasteiger partial charge in [-0.2, -0.15) is 0 Å². The number of thiophene rings is 1. The minimum atomic E-state index is 0.153. The van der Waals surface area contributed by atoms with E-state index in [1.807, 2.05) is 31.1 Å². The molecular weight excluding hydrogens is 184 g/mol. The Morgan fingerprint density at radius 3 is 2.69 bits per heavy atom. The maximum atomic E-state index is 11.4. The molecule has 0 unspecified atom stereocenters. The quantitative estimate of drug-likeness (QED) is 0.738. The highest BCUT2D eigenvalue weighted by molar-refractivity contribution is 7.18. The molecule has 0 aliphatic carbocycles. The first-order chi connectivity index (χ1) is 6.15. The minimum Gasteiger partial charge on any atom is -0.370 e. The van der Waals surface area contributed by atoms with Gasteiger partial charge in [-0.3, -0.25) is 4.79 Å². The lowest BCUT2D eigenvalue weighted by Gasteiger charge is -2.06. The maximum absolute atomic E-state index is 11.4. The van der Waals surface area contributed by atoms with Crippen molar-refractivity contribution in [1.82, 2.24) is 5.32 Å². The van der Waals surface area contributed by atoms with E-state index in [4.69, 9.17) is 0 Å². The molecule has 0 amide bonds. The summed E-state index contributed by atoms with van der Waals surface area (Å²) in [6.45, 7) is 0.410. The van der Waals surface area contributed by atoms with Gasteiger partial charge in [-0.05, 0) is 19.2 Å². The van der Waals surface area contributed by atoms with Crippen LogP contribution < -0.4 is 10.2 Å². The zero-order valence-corrected chi connectivity index (χ0v) is 8.94. The smallest absolute Gasteiger partial charge is 0.186 e. The Kier molecular flexibility index (Phi) is 3.45. The molecule has 0 fully saturated rings. The van der Waals surface area contributed by atoms with Gasteiger partial charge in [0.15, 0.2) is 5.78 Å². The summed E-state index contributed by atoms with van der Waals surface area (Å²) in [5.41, 5.74) is 0. The third kappa shape index (κ3) is 2.54. The largest absolute Gasteiger partial charge is 0.370 e. The summed E-state index contributed by atoms with van der Waals surface area (Å²) in [6, 6.07) is 3.84. The van der Waals surface area contributed by atoms with E-state index in [2.05, 4.69) is 5.32 Å². The molecule has 0 atom stereocenters. The van der Waals surface area contributed by atoms with Crippen LogP contribution in [0.2, 0.25) is 0 Å². The first-order valence-corrected chi connectivity index (χ1v) is 4.91. The number of nitrogens with one attached hydrogen (secondary N) is 1. The molecule has 1 aromatic heterocycles. The Balaban J connectivity index is 2.73. The van der Waals surface area contributed by atoms with Gasteiger partial charge in [-0.15, -0.1) is 11.3 Å². The highest BCUT2D eigenvalue weighted by Gasteiger charge is 2.08. The summed E-state index contributed by atoms with van der Waals surface area (Å²) in [7, 11) is 5.72. The molecule has 72 valence electrons. The first kappa shape index (κ1) is 10.2. The van der Waals surface area contributed by atoms with Crippen LogP contribution in [0.25, 0.3) is 0 Å². The van der Waals surface area contributed by atoms with Gasteiger partial charge in [0, 0.05) is 14.1 Å². The van der Waals surface area contributed by atoms with Crippen LogP contribution in [-0.4, -0.2) is 33.5 Å². The van der Waals surface area contributed by atoms with Crippen molar-refractivity contribution in [2.75, 3.05) is 32.6 Å². The van der Waals surface area contributed by atoms with Crippen molar-refractivity contribution in [2.24, 2.45) is 0 Å². The van der Waals surface area contributed by atoms with Crippen LogP contribution in [0.15, 0.2) is 12.1 Å². The standard InChI is InChI=1S/C9H14N2OS/c1-10-6-7(12)8-4-5-9(13-8)11(2)3/h4-5,10H,6H2,1-3H3. The molecule has 0 saturated heterocycles. The zero-order valence-electron chi connectivity index (χ0n) is 8.13. The summed E-state index contributed by atoms with van der Waals surface area (Å²) in [4.78, 5) is 14.2. The molecule has 0 saturated carbocycles. The van der Waals surface area contributed by atoms with Crippen LogP contribution in [-0.2, 0) is 0 Å². The lowest BCUT2D eigenvalue weighted by Crippen LogP contribution is -2.17. The first-order valence-electron chi connectivity index (χ1n) is 4.10. The number of rotatable bonds is 4.